The van der Waals surface area contributed by atoms with Crippen LogP contribution in [0.3, 0.4) is 0 Å². The van der Waals surface area contributed by atoms with E-state index in [9.17, 15) is 4.79 Å². The summed E-state index contributed by atoms with van der Waals surface area (Å²) in [5.74, 6) is 0.485. The summed E-state index contributed by atoms with van der Waals surface area (Å²) in [6.07, 6.45) is 0. The quantitative estimate of drug-likeness (QED) is 0.752. The Hall–Kier alpha value is -1.55. The minimum Gasteiger partial charge on any atom is -0.492 e. The van der Waals surface area contributed by atoms with E-state index in [1.165, 1.54) is 0 Å². The van der Waals surface area contributed by atoms with E-state index in [4.69, 9.17) is 10.5 Å². The highest BCUT2D eigenvalue weighted by atomic mass is 16.5. The van der Waals surface area contributed by atoms with Crippen molar-refractivity contribution in [1.82, 2.24) is 5.32 Å². The second-order valence-electron chi connectivity index (χ2n) is 4.08. The number of benzene rings is 1. The number of carbonyl (C=O) groups is 1. The highest BCUT2D eigenvalue weighted by molar-refractivity contribution is 5.95. The van der Waals surface area contributed by atoms with Crippen LogP contribution < -0.4 is 15.8 Å². The van der Waals surface area contributed by atoms with E-state index in [2.05, 4.69) is 19.2 Å². The summed E-state index contributed by atoms with van der Waals surface area (Å²) in [5.41, 5.74) is 5.70. The summed E-state index contributed by atoms with van der Waals surface area (Å²) >= 11 is 0. The molecule has 3 N–H and O–H groups in total. The van der Waals surface area contributed by atoms with Gasteiger partial charge in [-0.25, -0.2) is 0 Å². The number of carbonyl (C=O) groups excluding carboxylic acids is 1. The molecule has 94 valence electrons. The van der Waals surface area contributed by atoms with Crippen LogP contribution in [0, 0.1) is 5.92 Å². The fraction of sp³-hybridized carbons (Fsp3) is 0.462. The summed E-state index contributed by atoms with van der Waals surface area (Å²) in [7, 11) is 0. The zero-order valence-electron chi connectivity index (χ0n) is 10.4. The molecule has 0 heterocycles. The van der Waals surface area contributed by atoms with Gasteiger partial charge in [0, 0.05) is 12.5 Å². The van der Waals surface area contributed by atoms with E-state index in [0.29, 0.717) is 23.8 Å². The summed E-state index contributed by atoms with van der Waals surface area (Å²) in [6.45, 7) is 6.57. The van der Waals surface area contributed by atoms with Crippen LogP contribution >= 0.6 is 0 Å². The lowest BCUT2D eigenvalue weighted by atomic mass is 10.2. The number of ether oxygens (including phenoxy) is 1. The summed E-state index contributed by atoms with van der Waals surface area (Å²) in [4.78, 5) is 11.2. The van der Waals surface area contributed by atoms with E-state index >= 15 is 0 Å². The predicted molar refractivity (Wildman–Crippen MR) is 68.2 cm³/mol. The van der Waals surface area contributed by atoms with E-state index in [1.54, 1.807) is 18.2 Å². The Kier molecular flexibility index (Phi) is 5.49. The highest BCUT2D eigenvalue weighted by Crippen LogP contribution is 2.17. The maximum atomic E-state index is 11.2. The predicted octanol–water partition coefficient (Wildman–Crippen LogP) is 1.41. The first-order valence-electron chi connectivity index (χ1n) is 5.87. The normalized spacial score (nSPS) is 12.1. The first-order valence-corrected chi connectivity index (χ1v) is 5.87. The second kappa shape index (κ2) is 6.91. The average molecular weight is 236 g/mol. The van der Waals surface area contributed by atoms with Crippen LogP contribution in [0.15, 0.2) is 24.3 Å². The molecule has 1 unspecified atom stereocenters. The van der Waals surface area contributed by atoms with Gasteiger partial charge in [-0.1, -0.05) is 26.0 Å². The smallest absolute Gasteiger partial charge is 0.252 e. The van der Waals surface area contributed by atoms with Crippen molar-refractivity contribution < 1.29 is 9.53 Å². The van der Waals surface area contributed by atoms with Crippen molar-refractivity contribution in [2.75, 3.05) is 19.7 Å². The van der Waals surface area contributed by atoms with Crippen LogP contribution in [0.4, 0.5) is 0 Å². The Morgan fingerprint density at radius 3 is 2.82 bits per heavy atom. The van der Waals surface area contributed by atoms with Gasteiger partial charge >= 0.3 is 0 Å². The maximum absolute atomic E-state index is 11.2. The van der Waals surface area contributed by atoms with Crippen molar-refractivity contribution in [1.29, 1.82) is 0 Å². The molecule has 0 bridgehead atoms. The molecule has 0 fully saturated rings. The molecule has 0 spiro atoms. The summed E-state index contributed by atoms with van der Waals surface area (Å²) < 4.78 is 5.62. The van der Waals surface area contributed by atoms with Crippen LogP contribution in [-0.4, -0.2) is 25.6 Å². The van der Waals surface area contributed by atoms with Gasteiger partial charge in [-0.2, -0.15) is 0 Å². The Morgan fingerprint density at radius 1 is 1.47 bits per heavy atom. The van der Waals surface area contributed by atoms with Crippen molar-refractivity contribution in [3.05, 3.63) is 29.8 Å². The SMILES string of the molecule is CCNCC(C)COc1ccccc1C(N)=O. The molecule has 0 aliphatic heterocycles. The fourth-order valence-electron chi connectivity index (χ4n) is 1.48. The van der Waals surface area contributed by atoms with E-state index < -0.39 is 5.91 Å². The van der Waals surface area contributed by atoms with Crippen molar-refractivity contribution in [3.63, 3.8) is 0 Å². The van der Waals surface area contributed by atoms with Crippen LogP contribution in [-0.2, 0) is 0 Å². The van der Waals surface area contributed by atoms with Gasteiger partial charge in [0.15, 0.2) is 0 Å². The molecular formula is C13H20N2O2. The molecule has 0 saturated carbocycles. The molecule has 0 radical (unpaired) electrons. The van der Waals surface area contributed by atoms with Gasteiger partial charge in [0.1, 0.15) is 5.75 Å². The fourth-order valence-corrected chi connectivity index (χ4v) is 1.48. The minimum absolute atomic E-state index is 0.385. The summed E-state index contributed by atoms with van der Waals surface area (Å²) in [5, 5.41) is 3.25. The maximum Gasteiger partial charge on any atom is 0.252 e. The van der Waals surface area contributed by atoms with Crippen molar-refractivity contribution >= 4 is 5.91 Å². The van der Waals surface area contributed by atoms with Gasteiger partial charge in [0.05, 0.1) is 12.2 Å². The third-order valence-corrected chi connectivity index (χ3v) is 2.42. The van der Waals surface area contributed by atoms with Crippen LogP contribution in [0.2, 0.25) is 0 Å². The molecule has 1 atom stereocenters. The number of hydrogen-bond donors (Lipinski definition) is 2. The highest BCUT2D eigenvalue weighted by Gasteiger charge is 2.09. The average Bonchev–Trinajstić information content (AvgIpc) is 2.34. The monoisotopic (exact) mass is 236 g/mol. The molecule has 0 aromatic heterocycles. The Morgan fingerprint density at radius 2 is 2.18 bits per heavy atom. The number of primary amides is 1. The van der Waals surface area contributed by atoms with E-state index in [1.807, 2.05) is 6.07 Å². The van der Waals surface area contributed by atoms with Gasteiger partial charge < -0.3 is 15.8 Å². The standard InChI is InChI=1S/C13H20N2O2/c1-3-15-8-10(2)9-17-12-7-5-4-6-11(12)13(14)16/h4-7,10,15H,3,8-9H2,1-2H3,(H2,14,16). The lowest BCUT2D eigenvalue weighted by Crippen LogP contribution is -2.25. The molecule has 1 amide bonds. The number of nitrogens with two attached hydrogens (primary N) is 1. The van der Waals surface area contributed by atoms with Crippen LogP contribution in [0.25, 0.3) is 0 Å². The number of hydrogen-bond acceptors (Lipinski definition) is 3. The molecule has 1 aromatic carbocycles. The lowest BCUT2D eigenvalue weighted by molar-refractivity contribution is 0.0995. The number of amides is 1. The molecule has 17 heavy (non-hydrogen) atoms. The van der Waals surface area contributed by atoms with E-state index in [-0.39, 0.29) is 0 Å². The largest absolute Gasteiger partial charge is 0.492 e. The summed E-state index contributed by atoms with van der Waals surface area (Å²) in [6, 6.07) is 7.04. The van der Waals surface area contributed by atoms with Gasteiger partial charge in [-0.15, -0.1) is 0 Å². The van der Waals surface area contributed by atoms with E-state index in [0.717, 1.165) is 13.1 Å². The molecule has 4 heteroatoms. The molecule has 0 aliphatic carbocycles. The van der Waals surface area contributed by atoms with Gasteiger partial charge in [0.25, 0.3) is 5.91 Å². The number of para-hydroxylation sites is 1. The van der Waals surface area contributed by atoms with Crippen molar-refractivity contribution in [2.24, 2.45) is 11.7 Å². The first kappa shape index (κ1) is 13.5. The molecule has 0 aliphatic rings. The third-order valence-electron chi connectivity index (χ3n) is 2.42. The molecule has 1 aromatic rings. The second-order valence-corrected chi connectivity index (χ2v) is 4.08. The van der Waals surface area contributed by atoms with Crippen molar-refractivity contribution in [2.45, 2.75) is 13.8 Å². The number of rotatable bonds is 7. The van der Waals surface area contributed by atoms with Gasteiger partial charge in [-0.05, 0) is 18.7 Å². The van der Waals surface area contributed by atoms with Crippen molar-refractivity contribution in [3.8, 4) is 5.75 Å². The number of nitrogens with one attached hydrogen (secondary N) is 1. The van der Waals surface area contributed by atoms with Crippen LogP contribution in [0.1, 0.15) is 24.2 Å². The molecule has 0 saturated heterocycles. The Bertz CT molecular complexity index is 366. The zero-order valence-corrected chi connectivity index (χ0v) is 10.4. The topological polar surface area (TPSA) is 64.3 Å². The van der Waals surface area contributed by atoms with Gasteiger partial charge in [-0.3, -0.25) is 4.79 Å². The lowest BCUT2D eigenvalue weighted by Gasteiger charge is -2.14. The Balaban J connectivity index is 2.54. The third kappa shape index (κ3) is 4.44. The molecule has 1 rings (SSSR count). The minimum atomic E-state index is -0.458. The molecule has 4 nitrogen and oxygen atoms in total. The molecular weight excluding hydrogens is 216 g/mol. The Labute approximate surface area is 102 Å². The van der Waals surface area contributed by atoms with Crippen LogP contribution in [0.5, 0.6) is 5.75 Å². The van der Waals surface area contributed by atoms with Gasteiger partial charge in [0.2, 0.25) is 0 Å². The zero-order chi connectivity index (χ0) is 12.7. The first-order chi connectivity index (χ1) is 8.15.